The van der Waals surface area contributed by atoms with Gasteiger partial charge >= 0.3 is 0 Å². The maximum Gasteiger partial charge on any atom is 0.228 e. The van der Waals surface area contributed by atoms with Crippen molar-refractivity contribution in [3.05, 3.63) is 65.0 Å². The standard InChI is InChI=1S/C24H27FN2O2S/c1-16-7-8-19(13-17(16)2)27-15-18(14-23(27)28)24(29)26-10-9-22(30-12-11-26)20-5-3-4-6-21(20)25/h3-8,13,18,22H,9-12,14-15H2,1-2H3. The molecule has 4 nitrogen and oxygen atoms in total. The summed E-state index contributed by atoms with van der Waals surface area (Å²) >= 11 is 1.70. The summed E-state index contributed by atoms with van der Waals surface area (Å²) in [5.41, 5.74) is 3.90. The largest absolute Gasteiger partial charge is 0.342 e. The van der Waals surface area contributed by atoms with Crippen molar-refractivity contribution in [1.29, 1.82) is 0 Å². The fourth-order valence-corrected chi connectivity index (χ4v) is 5.50. The Labute approximate surface area is 181 Å². The van der Waals surface area contributed by atoms with Gasteiger partial charge in [0.15, 0.2) is 0 Å². The Bertz CT molecular complexity index is 964. The van der Waals surface area contributed by atoms with Gasteiger partial charge in [-0.2, -0.15) is 11.8 Å². The third kappa shape index (κ3) is 4.24. The second-order valence-electron chi connectivity index (χ2n) is 8.17. The van der Waals surface area contributed by atoms with Crippen LogP contribution in [0.1, 0.15) is 34.8 Å². The van der Waals surface area contributed by atoms with E-state index in [0.717, 1.165) is 23.4 Å². The Hall–Kier alpha value is -2.34. The van der Waals surface area contributed by atoms with E-state index in [4.69, 9.17) is 0 Å². The molecule has 0 saturated carbocycles. The molecule has 0 aromatic heterocycles. The molecule has 2 aliphatic rings. The first kappa shape index (κ1) is 20.9. The summed E-state index contributed by atoms with van der Waals surface area (Å²) in [6, 6.07) is 12.9. The number of halogens is 1. The van der Waals surface area contributed by atoms with Gasteiger partial charge in [0.25, 0.3) is 0 Å². The number of nitrogens with zero attached hydrogens (tertiary/aromatic N) is 2. The fraction of sp³-hybridized carbons (Fsp3) is 0.417. The quantitative estimate of drug-likeness (QED) is 0.726. The van der Waals surface area contributed by atoms with Crippen molar-refractivity contribution >= 4 is 29.3 Å². The minimum atomic E-state index is -0.311. The molecule has 0 spiro atoms. The van der Waals surface area contributed by atoms with Crippen molar-refractivity contribution < 1.29 is 14.0 Å². The van der Waals surface area contributed by atoms with Crippen LogP contribution in [0.25, 0.3) is 0 Å². The smallest absolute Gasteiger partial charge is 0.228 e. The molecular formula is C24H27FN2O2S. The second-order valence-corrected chi connectivity index (χ2v) is 9.48. The molecule has 0 radical (unpaired) electrons. The van der Waals surface area contributed by atoms with Crippen LogP contribution in [0.3, 0.4) is 0 Å². The third-order valence-electron chi connectivity index (χ3n) is 6.18. The Morgan fingerprint density at radius 3 is 2.67 bits per heavy atom. The molecule has 2 aromatic carbocycles. The van der Waals surface area contributed by atoms with Crippen molar-refractivity contribution in [2.45, 2.75) is 31.9 Å². The number of benzene rings is 2. The minimum Gasteiger partial charge on any atom is -0.342 e. The topological polar surface area (TPSA) is 40.6 Å². The maximum absolute atomic E-state index is 14.2. The van der Waals surface area contributed by atoms with Crippen LogP contribution in [-0.2, 0) is 9.59 Å². The highest BCUT2D eigenvalue weighted by molar-refractivity contribution is 7.99. The first-order valence-electron chi connectivity index (χ1n) is 10.5. The molecule has 0 bridgehead atoms. The van der Waals surface area contributed by atoms with Crippen molar-refractivity contribution in [3.8, 4) is 0 Å². The average Bonchev–Trinajstić information content (AvgIpc) is 2.96. The maximum atomic E-state index is 14.2. The lowest BCUT2D eigenvalue weighted by molar-refractivity contribution is -0.135. The van der Waals surface area contributed by atoms with E-state index < -0.39 is 0 Å². The molecule has 0 N–H and O–H groups in total. The molecule has 30 heavy (non-hydrogen) atoms. The van der Waals surface area contributed by atoms with E-state index in [-0.39, 0.29) is 35.2 Å². The van der Waals surface area contributed by atoms with E-state index in [0.29, 0.717) is 25.2 Å². The summed E-state index contributed by atoms with van der Waals surface area (Å²) < 4.78 is 14.2. The Morgan fingerprint density at radius 1 is 1.10 bits per heavy atom. The lowest BCUT2D eigenvalue weighted by Crippen LogP contribution is -2.38. The minimum absolute atomic E-state index is 0.00466. The first-order valence-corrected chi connectivity index (χ1v) is 11.5. The van der Waals surface area contributed by atoms with Gasteiger partial charge in [0.2, 0.25) is 11.8 Å². The average molecular weight is 427 g/mol. The summed E-state index contributed by atoms with van der Waals surface area (Å²) in [5.74, 6) is 0.329. The number of hydrogen-bond acceptors (Lipinski definition) is 3. The monoisotopic (exact) mass is 426 g/mol. The Morgan fingerprint density at radius 2 is 1.90 bits per heavy atom. The molecular weight excluding hydrogens is 399 g/mol. The second kappa shape index (κ2) is 8.80. The Balaban J connectivity index is 1.41. The zero-order valence-corrected chi connectivity index (χ0v) is 18.3. The van der Waals surface area contributed by atoms with Crippen LogP contribution >= 0.6 is 11.8 Å². The van der Waals surface area contributed by atoms with Crippen LogP contribution in [0.15, 0.2) is 42.5 Å². The fourth-order valence-electron chi connectivity index (χ4n) is 4.25. The molecule has 0 aliphatic carbocycles. The van der Waals surface area contributed by atoms with Crippen LogP contribution in [-0.4, -0.2) is 42.1 Å². The molecule has 2 unspecified atom stereocenters. The molecule has 2 saturated heterocycles. The molecule has 2 aromatic rings. The number of rotatable bonds is 3. The highest BCUT2D eigenvalue weighted by Gasteiger charge is 2.38. The van der Waals surface area contributed by atoms with Gasteiger partial charge in [0.1, 0.15) is 5.82 Å². The summed E-state index contributed by atoms with van der Waals surface area (Å²) in [6.07, 6.45) is 0.977. The first-order chi connectivity index (χ1) is 14.4. The highest BCUT2D eigenvalue weighted by Crippen LogP contribution is 2.36. The molecule has 158 valence electrons. The number of hydrogen-bond donors (Lipinski definition) is 0. The van der Waals surface area contributed by atoms with E-state index in [1.54, 1.807) is 22.7 Å². The van der Waals surface area contributed by atoms with Crippen molar-refractivity contribution in [2.24, 2.45) is 5.92 Å². The molecule has 2 amide bonds. The number of anilines is 1. The van der Waals surface area contributed by atoms with Gasteiger partial charge in [0.05, 0.1) is 5.92 Å². The van der Waals surface area contributed by atoms with Crippen molar-refractivity contribution in [3.63, 3.8) is 0 Å². The predicted octanol–water partition coefficient (Wildman–Crippen LogP) is 4.50. The van der Waals surface area contributed by atoms with Crippen LogP contribution < -0.4 is 4.90 Å². The number of amides is 2. The van der Waals surface area contributed by atoms with Gasteiger partial charge in [0, 0.05) is 48.3 Å². The van der Waals surface area contributed by atoms with E-state index in [1.807, 2.05) is 49.1 Å². The zero-order valence-electron chi connectivity index (χ0n) is 17.4. The van der Waals surface area contributed by atoms with Crippen LogP contribution in [0.2, 0.25) is 0 Å². The summed E-state index contributed by atoms with van der Waals surface area (Å²) in [4.78, 5) is 29.4. The van der Waals surface area contributed by atoms with E-state index in [9.17, 15) is 14.0 Å². The molecule has 2 heterocycles. The summed E-state index contributed by atoms with van der Waals surface area (Å²) in [6.45, 7) is 5.74. The van der Waals surface area contributed by atoms with E-state index in [2.05, 4.69) is 0 Å². The SMILES string of the molecule is Cc1ccc(N2CC(C(=O)N3CCSC(c4ccccc4F)CC3)CC2=O)cc1C. The number of carbonyl (C=O) groups is 2. The summed E-state index contributed by atoms with van der Waals surface area (Å²) in [7, 11) is 0. The van der Waals surface area contributed by atoms with Crippen molar-refractivity contribution in [1.82, 2.24) is 4.90 Å². The third-order valence-corrected chi connectivity index (χ3v) is 7.49. The number of thioether (sulfide) groups is 1. The molecule has 4 rings (SSSR count). The molecule has 2 aliphatic heterocycles. The lowest BCUT2D eigenvalue weighted by Gasteiger charge is -2.24. The van der Waals surface area contributed by atoms with Crippen molar-refractivity contribution in [2.75, 3.05) is 30.3 Å². The van der Waals surface area contributed by atoms with Gasteiger partial charge in [-0.3, -0.25) is 9.59 Å². The van der Waals surface area contributed by atoms with E-state index in [1.165, 1.54) is 11.6 Å². The summed E-state index contributed by atoms with van der Waals surface area (Å²) in [5, 5.41) is 0.0567. The van der Waals surface area contributed by atoms with Crippen LogP contribution in [0.5, 0.6) is 0 Å². The van der Waals surface area contributed by atoms with Gasteiger partial charge in [-0.15, -0.1) is 0 Å². The predicted molar refractivity (Wildman–Crippen MR) is 119 cm³/mol. The molecule has 2 atom stereocenters. The highest BCUT2D eigenvalue weighted by atomic mass is 32.2. The molecule has 2 fully saturated rings. The zero-order chi connectivity index (χ0) is 21.3. The van der Waals surface area contributed by atoms with Gasteiger partial charge < -0.3 is 9.80 Å². The normalized spacial score (nSPS) is 22.3. The number of carbonyl (C=O) groups excluding carboxylic acids is 2. The Kier molecular flexibility index (Phi) is 6.14. The van der Waals surface area contributed by atoms with Gasteiger partial charge in [-0.05, 0) is 49.6 Å². The van der Waals surface area contributed by atoms with Crippen LogP contribution in [0, 0.1) is 25.6 Å². The van der Waals surface area contributed by atoms with E-state index >= 15 is 0 Å². The number of aryl methyl sites for hydroxylation is 2. The van der Waals surface area contributed by atoms with Crippen LogP contribution in [0.4, 0.5) is 10.1 Å². The van der Waals surface area contributed by atoms with Gasteiger partial charge in [-0.25, -0.2) is 4.39 Å². The lowest BCUT2D eigenvalue weighted by atomic mass is 10.1. The molecule has 6 heteroatoms. The van der Waals surface area contributed by atoms with Gasteiger partial charge in [-0.1, -0.05) is 24.3 Å².